The topological polar surface area (TPSA) is 51.1 Å². The minimum atomic E-state index is -0.495. The van der Waals surface area contributed by atoms with Crippen molar-refractivity contribution in [2.24, 2.45) is 0 Å². The molecule has 0 saturated carbocycles. The van der Waals surface area contributed by atoms with Crippen molar-refractivity contribution in [1.29, 1.82) is 0 Å². The van der Waals surface area contributed by atoms with E-state index in [1.807, 2.05) is 42.6 Å². The highest BCUT2D eigenvalue weighted by Gasteiger charge is 2.26. The van der Waals surface area contributed by atoms with Gasteiger partial charge in [0.2, 0.25) is 0 Å². The molecule has 0 radical (unpaired) electrons. The van der Waals surface area contributed by atoms with Gasteiger partial charge in [-0.2, -0.15) is 0 Å². The van der Waals surface area contributed by atoms with Gasteiger partial charge in [0.1, 0.15) is 17.4 Å². The summed E-state index contributed by atoms with van der Waals surface area (Å²) in [7, 11) is 1.65. The number of piperidine rings is 1. The van der Waals surface area contributed by atoms with Crippen LogP contribution in [0.15, 0.2) is 73.2 Å². The van der Waals surface area contributed by atoms with Crippen LogP contribution >= 0.6 is 0 Å². The van der Waals surface area contributed by atoms with Crippen molar-refractivity contribution in [2.75, 3.05) is 20.2 Å². The van der Waals surface area contributed by atoms with Gasteiger partial charge in [0, 0.05) is 47.7 Å². The van der Waals surface area contributed by atoms with Gasteiger partial charge < -0.3 is 4.74 Å². The maximum absolute atomic E-state index is 14.2. The van der Waals surface area contributed by atoms with E-state index in [1.54, 1.807) is 19.5 Å². The summed E-state index contributed by atoms with van der Waals surface area (Å²) in [5.74, 6) is 0.634. The molecule has 0 unspecified atom stereocenters. The molecule has 0 bridgehead atoms. The van der Waals surface area contributed by atoms with Crippen molar-refractivity contribution in [3.05, 3.63) is 96.1 Å². The Morgan fingerprint density at radius 3 is 2.37 bits per heavy atom. The molecule has 0 amide bonds. The van der Waals surface area contributed by atoms with Crippen LogP contribution in [0, 0.1) is 11.6 Å². The number of rotatable bonds is 6. The van der Waals surface area contributed by atoms with Gasteiger partial charge in [0.25, 0.3) is 0 Å². The number of methoxy groups -OCH3 is 1. The minimum absolute atomic E-state index is 0.130. The number of benzene rings is 2. The largest absolute Gasteiger partial charge is 0.497 e. The van der Waals surface area contributed by atoms with Crippen molar-refractivity contribution in [3.8, 4) is 28.3 Å². The van der Waals surface area contributed by atoms with E-state index < -0.39 is 11.6 Å². The second-order valence-electron chi connectivity index (χ2n) is 8.71. The van der Waals surface area contributed by atoms with Crippen LogP contribution in [0.25, 0.3) is 22.5 Å². The smallest absolute Gasteiger partial charge is 0.159 e. The molecule has 1 aliphatic heterocycles. The van der Waals surface area contributed by atoms with Gasteiger partial charge in [-0.3, -0.25) is 9.88 Å². The monoisotopic (exact) mass is 472 g/mol. The Kier molecular flexibility index (Phi) is 6.77. The predicted molar refractivity (Wildman–Crippen MR) is 131 cm³/mol. The maximum atomic E-state index is 14.2. The third-order valence-electron chi connectivity index (χ3n) is 6.56. The highest BCUT2D eigenvalue weighted by atomic mass is 19.1. The molecule has 0 N–H and O–H groups in total. The molecule has 4 aromatic rings. The Morgan fingerprint density at radius 1 is 0.943 bits per heavy atom. The van der Waals surface area contributed by atoms with Gasteiger partial charge in [-0.25, -0.2) is 18.7 Å². The van der Waals surface area contributed by atoms with Crippen LogP contribution in [0.4, 0.5) is 8.78 Å². The van der Waals surface area contributed by atoms with Crippen molar-refractivity contribution in [2.45, 2.75) is 25.3 Å². The Hall–Kier alpha value is -3.71. The van der Waals surface area contributed by atoms with Crippen LogP contribution in [-0.2, 0) is 6.54 Å². The number of hydrogen-bond acceptors (Lipinski definition) is 5. The summed E-state index contributed by atoms with van der Waals surface area (Å²) < 4.78 is 33.7. The molecule has 0 atom stereocenters. The van der Waals surface area contributed by atoms with Crippen LogP contribution in [0.5, 0.6) is 5.75 Å². The summed E-state index contributed by atoms with van der Waals surface area (Å²) in [5.41, 5.74) is 3.99. The third kappa shape index (κ3) is 5.05. The Bertz CT molecular complexity index is 1290. The molecule has 35 heavy (non-hydrogen) atoms. The summed E-state index contributed by atoms with van der Waals surface area (Å²) in [5, 5.41) is 0. The molecule has 0 aliphatic carbocycles. The average Bonchev–Trinajstić information content (AvgIpc) is 2.91. The molecule has 178 valence electrons. The van der Waals surface area contributed by atoms with Gasteiger partial charge in [-0.05, 0) is 67.9 Å². The molecule has 3 heterocycles. The van der Waals surface area contributed by atoms with E-state index in [0.717, 1.165) is 54.1 Å². The first kappa shape index (κ1) is 23.1. The molecular formula is C28H26F2N4O. The molecule has 2 aromatic carbocycles. The summed E-state index contributed by atoms with van der Waals surface area (Å²) in [6, 6.07) is 15.7. The lowest BCUT2D eigenvalue weighted by Crippen LogP contribution is -2.33. The molecule has 5 rings (SSSR count). The van der Waals surface area contributed by atoms with Gasteiger partial charge in [0.15, 0.2) is 5.82 Å². The second-order valence-corrected chi connectivity index (χ2v) is 8.71. The predicted octanol–water partition coefficient (Wildman–Crippen LogP) is 5.87. The van der Waals surface area contributed by atoms with E-state index in [0.29, 0.717) is 5.82 Å². The first-order valence-corrected chi connectivity index (χ1v) is 11.7. The van der Waals surface area contributed by atoms with E-state index in [4.69, 9.17) is 9.72 Å². The molecule has 1 fully saturated rings. The highest BCUT2D eigenvalue weighted by Crippen LogP contribution is 2.36. The summed E-state index contributed by atoms with van der Waals surface area (Å²) in [6.45, 7) is 1.72. The lowest BCUT2D eigenvalue weighted by atomic mass is 9.88. The van der Waals surface area contributed by atoms with Gasteiger partial charge in [0.05, 0.1) is 12.8 Å². The van der Waals surface area contributed by atoms with Crippen LogP contribution in [0.2, 0.25) is 0 Å². The number of halogens is 2. The SMILES string of the molecule is COc1cccc(-c2cnc(-c3ccncc3)nc2C2CCN(Cc3c(F)cccc3F)CC2)c1. The number of hydrogen-bond donors (Lipinski definition) is 0. The highest BCUT2D eigenvalue weighted by molar-refractivity contribution is 5.69. The van der Waals surface area contributed by atoms with E-state index in [2.05, 4.69) is 14.9 Å². The normalized spacial score (nSPS) is 14.7. The fraction of sp³-hybridized carbons (Fsp3) is 0.250. The second kappa shape index (κ2) is 10.3. The van der Waals surface area contributed by atoms with E-state index in [9.17, 15) is 8.78 Å². The number of likely N-dealkylation sites (tertiary alicyclic amines) is 1. The quantitative estimate of drug-likeness (QED) is 0.351. The van der Waals surface area contributed by atoms with Crippen molar-refractivity contribution < 1.29 is 13.5 Å². The lowest BCUT2D eigenvalue weighted by Gasteiger charge is -2.32. The number of pyridine rings is 1. The van der Waals surface area contributed by atoms with Crippen molar-refractivity contribution in [1.82, 2.24) is 19.9 Å². The molecular weight excluding hydrogens is 446 g/mol. The zero-order chi connectivity index (χ0) is 24.2. The van der Waals surface area contributed by atoms with E-state index in [-0.39, 0.29) is 18.0 Å². The van der Waals surface area contributed by atoms with Crippen LogP contribution in [0.3, 0.4) is 0 Å². The summed E-state index contributed by atoms with van der Waals surface area (Å²) in [6.07, 6.45) is 7.01. The Morgan fingerprint density at radius 2 is 1.66 bits per heavy atom. The van der Waals surface area contributed by atoms with Gasteiger partial charge in [-0.1, -0.05) is 18.2 Å². The standard InChI is InChI=1S/C28H26F2N4O/c1-35-22-5-2-4-21(16-22)23-17-32-28(20-8-12-31-13-9-20)33-27(23)19-10-14-34(15-11-19)18-24-25(29)6-3-7-26(24)30/h2-9,12-13,16-17,19H,10-11,14-15,18H2,1H3. The Labute approximate surface area is 203 Å². The summed E-state index contributed by atoms with van der Waals surface area (Å²) in [4.78, 5) is 15.9. The Balaban J connectivity index is 1.43. The van der Waals surface area contributed by atoms with Crippen molar-refractivity contribution >= 4 is 0 Å². The minimum Gasteiger partial charge on any atom is -0.497 e. The van der Waals surface area contributed by atoms with Crippen LogP contribution in [-0.4, -0.2) is 40.1 Å². The number of nitrogens with zero attached hydrogens (tertiary/aromatic N) is 4. The van der Waals surface area contributed by atoms with E-state index >= 15 is 0 Å². The number of aromatic nitrogens is 3. The third-order valence-corrected chi connectivity index (χ3v) is 6.56. The molecule has 2 aromatic heterocycles. The molecule has 0 spiro atoms. The van der Waals surface area contributed by atoms with E-state index in [1.165, 1.54) is 18.2 Å². The van der Waals surface area contributed by atoms with Gasteiger partial charge in [-0.15, -0.1) is 0 Å². The lowest BCUT2D eigenvalue weighted by molar-refractivity contribution is 0.198. The zero-order valence-electron chi connectivity index (χ0n) is 19.5. The molecule has 1 aliphatic rings. The molecule has 5 nitrogen and oxygen atoms in total. The number of ether oxygens (including phenoxy) is 1. The van der Waals surface area contributed by atoms with Crippen LogP contribution < -0.4 is 4.74 Å². The molecule has 7 heteroatoms. The van der Waals surface area contributed by atoms with Gasteiger partial charge >= 0.3 is 0 Å². The molecule has 1 saturated heterocycles. The fourth-order valence-electron chi connectivity index (χ4n) is 4.63. The van der Waals surface area contributed by atoms with Crippen molar-refractivity contribution in [3.63, 3.8) is 0 Å². The zero-order valence-corrected chi connectivity index (χ0v) is 19.5. The fourth-order valence-corrected chi connectivity index (χ4v) is 4.63. The summed E-state index contributed by atoms with van der Waals surface area (Å²) >= 11 is 0. The maximum Gasteiger partial charge on any atom is 0.159 e. The average molecular weight is 473 g/mol. The first-order valence-electron chi connectivity index (χ1n) is 11.7. The van der Waals surface area contributed by atoms with Crippen LogP contribution in [0.1, 0.15) is 30.0 Å². The first-order chi connectivity index (χ1) is 17.1.